The lowest BCUT2D eigenvalue weighted by molar-refractivity contribution is -0.140. The van der Waals surface area contributed by atoms with Crippen molar-refractivity contribution in [1.29, 1.82) is 0 Å². The minimum absolute atomic E-state index is 0.0274. The minimum atomic E-state index is -0.858. The van der Waals surface area contributed by atoms with Gasteiger partial charge in [-0.3, -0.25) is 14.6 Å². The third-order valence-electron chi connectivity index (χ3n) is 5.64. The summed E-state index contributed by atoms with van der Waals surface area (Å²) in [7, 11) is 1.56. The number of fused-ring (bicyclic) bond motifs is 1. The van der Waals surface area contributed by atoms with Crippen LogP contribution in [0.15, 0.2) is 72.4 Å². The van der Waals surface area contributed by atoms with Gasteiger partial charge in [0, 0.05) is 18.3 Å². The van der Waals surface area contributed by atoms with Gasteiger partial charge in [0.25, 0.3) is 11.7 Å². The molecular weight excluding hydrogens is 424 g/mol. The van der Waals surface area contributed by atoms with Crippen LogP contribution in [0.2, 0.25) is 0 Å². The normalized spacial score (nSPS) is 18.6. The first-order valence-corrected chi connectivity index (χ1v) is 10.3. The van der Waals surface area contributed by atoms with Gasteiger partial charge in [0.05, 0.1) is 18.4 Å². The van der Waals surface area contributed by atoms with Gasteiger partial charge in [-0.05, 0) is 48.0 Å². The van der Waals surface area contributed by atoms with Crippen LogP contribution in [-0.4, -0.2) is 40.6 Å². The van der Waals surface area contributed by atoms with E-state index in [2.05, 4.69) is 4.98 Å². The Balaban J connectivity index is 1.61. The number of benzene rings is 2. The molecule has 5 rings (SSSR count). The van der Waals surface area contributed by atoms with Gasteiger partial charge >= 0.3 is 0 Å². The van der Waals surface area contributed by atoms with E-state index in [0.29, 0.717) is 28.5 Å². The smallest absolute Gasteiger partial charge is 0.296 e. The zero-order valence-electron chi connectivity index (χ0n) is 17.7. The van der Waals surface area contributed by atoms with E-state index in [1.54, 1.807) is 61.8 Å². The molecule has 33 heavy (non-hydrogen) atoms. The molecule has 2 aliphatic rings. The Bertz CT molecular complexity index is 1270. The van der Waals surface area contributed by atoms with E-state index in [1.165, 1.54) is 4.90 Å². The predicted molar refractivity (Wildman–Crippen MR) is 118 cm³/mol. The molecule has 0 spiro atoms. The molecule has 1 unspecified atom stereocenters. The largest absolute Gasteiger partial charge is 0.507 e. The fourth-order valence-corrected chi connectivity index (χ4v) is 4.06. The summed E-state index contributed by atoms with van der Waals surface area (Å²) in [5.41, 5.74) is 1.57. The number of nitrogens with zero attached hydrogens (tertiary/aromatic N) is 2. The molecule has 0 saturated carbocycles. The van der Waals surface area contributed by atoms with E-state index in [-0.39, 0.29) is 24.7 Å². The Morgan fingerprint density at radius 3 is 2.73 bits per heavy atom. The Labute approximate surface area is 189 Å². The summed E-state index contributed by atoms with van der Waals surface area (Å²) in [6.45, 7) is 0.222. The number of carbonyl (C=O) groups is 2. The van der Waals surface area contributed by atoms with Gasteiger partial charge in [-0.25, -0.2) is 0 Å². The van der Waals surface area contributed by atoms with Gasteiger partial charge in [0.15, 0.2) is 11.5 Å². The van der Waals surface area contributed by atoms with E-state index in [1.807, 2.05) is 12.1 Å². The molecule has 1 amide bonds. The highest BCUT2D eigenvalue weighted by atomic mass is 16.7. The van der Waals surface area contributed by atoms with Gasteiger partial charge in [0.1, 0.15) is 17.6 Å². The zero-order valence-corrected chi connectivity index (χ0v) is 17.7. The number of aliphatic hydroxyl groups is 1. The molecule has 2 aliphatic heterocycles. The third-order valence-corrected chi connectivity index (χ3v) is 5.64. The minimum Gasteiger partial charge on any atom is -0.507 e. The molecule has 1 saturated heterocycles. The number of ether oxygens (including phenoxy) is 3. The molecule has 0 aliphatic carbocycles. The number of amides is 1. The molecule has 3 aromatic rings. The first kappa shape index (κ1) is 20.6. The number of likely N-dealkylation sites (tertiary alicyclic amines) is 1. The molecular formula is C25H20N2O6. The van der Waals surface area contributed by atoms with E-state index in [4.69, 9.17) is 14.2 Å². The fourth-order valence-electron chi connectivity index (χ4n) is 4.06. The number of hydrogen-bond acceptors (Lipinski definition) is 7. The molecule has 1 fully saturated rings. The van der Waals surface area contributed by atoms with Crippen LogP contribution in [0, 0.1) is 0 Å². The maximum atomic E-state index is 13.1. The Kier molecular flexibility index (Phi) is 5.18. The number of pyridine rings is 1. The van der Waals surface area contributed by atoms with Crippen molar-refractivity contribution in [2.24, 2.45) is 0 Å². The lowest BCUT2D eigenvalue weighted by Crippen LogP contribution is -2.29. The molecule has 0 bridgehead atoms. The maximum absolute atomic E-state index is 13.1. The lowest BCUT2D eigenvalue weighted by atomic mass is 9.98. The second kappa shape index (κ2) is 8.31. The van der Waals surface area contributed by atoms with Crippen LogP contribution in [0.4, 0.5) is 0 Å². The van der Waals surface area contributed by atoms with Gasteiger partial charge in [-0.2, -0.15) is 0 Å². The van der Waals surface area contributed by atoms with Crippen molar-refractivity contribution in [3.63, 3.8) is 0 Å². The number of Topliss-reactive ketones (excluding diaryl/α,β-unsaturated/α-hetero) is 1. The van der Waals surface area contributed by atoms with E-state index in [9.17, 15) is 14.7 Å². The van der Waals surface area contributed by atoms with Crippen molar-refractivity contribution in [2.75, 3.05) is 13.9 Å². The van der Waals surface area contributed by atoms with Crippen LogP contribution in [0.5, 0.6) is 17.2 Å². The molecule has 1 N–H and O–H groups in total. The number of aromatic nitrogens is 1. The Morgan fingerprint density at radius 2 is 1.94 bits per heavy atom. The summed E-state index contributed by atoms with van der Waals surface area (Å²) in [5, 5.41) is 11.2. The van der Waals surface area contributed by atoms with Crippen LogP contribution >= 0.6 is 0 Å². The molecule has 0 radical (unpaired) electrons. The fraction of sp³-hybridized carbons (Fsp3) is 0.160. The van der Waals surface area contributed by atoms with Gasteiger partial charge in [-0.15, -0.1) is 0 Å². The molecule has 2 aromatic carbocycles. The van der Waals surface area contributed by atoms with Crippen LogP contribution in [0.25, 0.3) is 5.76 Å². The average Bonchev–Trinajstić information content (AvgIpc) is 3.42. The first-order valence-electron chi connectivity index (χ1n) is 10.3. The summed E-state index contributed by atoms with van der Waals surface area (Å²) >= 11 is 0. The highest BCUT2D eigenvalue weighted by molar-refractivity contribution is 6.46. The molecule has 8 nitrogen and oxygen atoms in total. The number of ketones is 1. The van der Waals surface area contributed by atoms with E-state index >= 15 is 0 Å². The van der Waals surface area contributed by atoms with Crippen LogP contribution < -0.4 is 14.2 Å². The predicted octanol–water partition coefficient (Wildman–Crippen LogP) is 3.44. The highest BCUT2D eigenvalue weighted by Gasteiger charge is 2.46. The Morgan fingerprint density at radius 1 is 1.09 bits per heavy atom. The topological polar surface area (TPSA) is 98.2 Å². The third kappa shape index (κ3) is 3.65. The van der Waals surface area contributed by atoms with E-state index in [0.717, 1.165) is 5.56 Å². The van der Waals surface area contributed by atoms with E-state index < -0.39 is 17.7 Å². The van der Waals surface area contributed by atoms with Crippen molar-refractivity contribution >= 4 is 17.4 Å². The number of rotatable bonds is 5. The molecule has 1 aromatic heterocycles. The van der Waals surface area contributed by atoms with Gasteiger partial charge < -0.3 is 24.2 Å². The van der Waals surface area contributed by atoms with Crippen LogP contribution in [0.1, 0.15) is 22.9 Å². The lowest BCUT2D eigenvalue weighted by Gasteiger charge is -2.24. The number of methoxy groups -OCH3 is 1. The van der Waals surface area contributed by atoms with Crippen LogP contribution in [0.3, 0.4) is 0 Å². The second-order valence-electron chi connectivity index (χ2n) is 7.60. The zero-order chi connectivity index (χ0) is 22.9. The van der Waals surface area contributed by atoms with Crippen molar-refractivity contribution in [1.82, 2.24) is 9.88 Å². The summed E-state index contributed by atoms with van der Waals surface area (Å²) in [5.74, 6) is -0.140. The van der Waals surface area contributed by atoms with Gasteiger partial charge in [-0.1, -0.05) is 18.2 Å². The molecule has 166 valence electrons. The summed E-state index contributed by atoms with van der Waals surface area (Å²) in [6.07, 6.45) is 1.58. The second-order valence-corrected chi connectivity index (χ2v) is 7.60. The van der Waals surface area contributed by atoms with Crippen molar-refractivity contribution in [3.05, 3.63) is 89.3 Å². The van der Waals surface area contributed by atoms with Crippen molar-refractivity contribution < 1.29 is 28.9 Å². The quantitative estimate of drug-likeness (QED) is 0.366. The molecule has 3 heterocycles. The summed E-state index contributed by atoms with van der Waals surface area (Å²) in [4.78, 5) is 32.0. The van der Waals surface area contributed by atoms with Crippen LogP contribution in [-0.2, 0) is 16.1 Å². The molecule has 8 heteroatoms. The highest BCUT2D eigenvalue weighted by Crippen LogP contribution is 2.41. The number of aliphatic hydroxyl groups excluding tert-OH is 1. The van der Waals surface area contributed by atoms with Crippen molar-refractivity contribution in [2.45, 2.75) is 12.6 Å². The first-order chi connectivity index (χ1) is 16.1. The number of carbonyl (C=O) groups excluding carboxylic acids is 2. The average molecular weight is 444 g/mol. The number of hydrogen-bond donors (Lipinski definition) is 1. The molecule has 1 atom stereocenters. The summed E-state index contributed by atoms with van der Waals surface area (Å²) in [6, 6.07) is 16.5. The monoisotopic (exact) mass is 444 g/mol. The summed E-state index contributed by atoms with van der Waals surface area (Å²) < 4.78 is 16.0. The SMILES string of the molecule is COc1cccc(CN2C(=O)C(=O)/C(=C(\O)c3ccc4c(c3)OCO4)C2c2ccccn2)c1. The van der Waals surface area contributed by atoms with Crippen molar-refractivity contribution in [3.8, 4) is 17.2 Å². The standard InChI is InChI=1S/C25H20N2O6/c1-31-17-6-4-5-15(11-17)13-27-22(18-7-2-3-10-26-18)21(24(29)25(27)30)23(28)16-8-9-19-20(12-16)33-14-32-19/h2-12,22,28H,13-14H2,1H3/b23-21-. The van der Waals surface area contributed by atoms with Gasteiger partial charge in [0.2, 0.25) is 6.79 Å². The Hall–Kier alpha value is -4.33. The maximum Gasteiger partial charge on any atom is 0.296 e.